The second-order valence-corrected chi connectivity index (χ2v) is 8.90. The fourth-order valence-electron chi connectivity index (χ4n) is 3.95. The Labute approximate surface area is 166 Å². The Balaban J connectivity index is 1.53. The summed E-state index contributed by atoms with van der Waals surface area (Å²) in [6.45, 7) is 5.21. The van der Waals surface area contributed by atoms with Gasteiger partial charge in [0.25, 0.3) is 0 Å². The van der Waals surface area contributed by atoms with Crippen LogP contribution < -0.4 is 4.90 Å². The van der Waals surface area contributed by atoms with Gasteiger partial charge in [0.2, 0.25) is 5.91 Å². The lowest BCUT2D eigenvalue weighted by Gasteiger charge is -2.33. The predicted molar refractivity (Wildman–Crippen MR) is 113 cm³/mol. The molecule has 144 valence electrons. The van der Waals surface area contributed by atoms with Crippen molar-refractivity contribution in [3.05, 3.63) is 52.4 Å². The molecule has 0 radical (unpaired) electrons. The van der Waals surface area contributed by atoms with Gasteiger partial charge in [0.1, 0.15) is 0 Å². The highest BCUT2D eigenvalue weighted by molar-refractivity contribution is 7.16. The molecule has 0 spiro atoms. The molecule has 2 heterocycles. The zero-order chi connectivity index (χ0) is 18.6. The molecule has 5 heteroatoms. The average molecular weight is 384 g/mol. The Hall–Kier alpha value is -1.69. The molecule has 4 rings (SSSR count). The normalized spacial score (nSPS) is 18.3. The van der Waals surface area contributed by atoms with Gasteiger partial charge in [-0.3, -0.25) is 14.6 Å². The third-order valence-electron chi connectivity index (χ3n) is 5.69. The minimum absolute atomic E-state index is 0.224. The highest BCUT2D eigenvalue weighted by Crippen LogP contribution is 2.36. The number of anilines is 1. The molecule has 0 saturated carbocycles. The first kappa shape index (κ1) is 18.7. The number of nitrogens with zero attached hydrogens (tertiary/aromatic N) is 3. The van der Waals surface area contributed by atoms with E-state index < -0.39 is 0 Å². The molecule has 27 heavy (non-hydrogen) atoms. The van der Waals surface area contributed by atoms with E-state index in [0.717, 1.165) is 37.6 Å². The Morgan fingerprint density at radius 1 is 1.07 bits per heavy atom. The Bertz CT molecular complexity index is 742. The highest BCUT2D eigenvalue weighted by Gasteiger charge is 2.24. The molecular formula is C22H29N3OS. The van der Waals surface area contributed by atoms with Gasteiger partial charge in [0, 0.05) is 31.1 Å². The van der Waals surface area contributed by atoms with Crippen LogP contribution in [0.2, 0.25) is 0 Å². The summed E-state index contributed by atoms with van der Waals surface area (Å²) in [5.74, 6) is 0.224. The van der Waals surface area contributed by atoms with Crippen molar-refractivity contribution in [2.45, 2.75) is 32.2 Å². The van der Waals surface area contributed by atoms with Crippen LogP contribution in [0, 0.1) is 0 Å². The quantitative estimate of drug-likeness (QED) is 0.792. The van der Waals surface area contributed by atoms with Crippen molar-refractivity contribution in [3.8, 4) is 0 Å². The fourth-order valence-corrected chi connectivity index (χ4v) is 5.21. The van der Waals surface area contributed by atoms with Gasteiger partial charge in [0.05, 0.1) is 18.1 Å². The van der Waals surface area contributed by atoms with E-state index in [2.05, 4.69) is 47.2 Å². The van der Waals surface area contributed by atoms with Crippen LogP contribution in [-0.4, -0.2) is 55.5 Å². The maximum Gasteiger partial charge on any atom is 0.242 e. The largest absolute Gasteiger partial charge is 0.304 e. The standard InChI is InChI=1S/C22H29N3OS/c1-23-11-13-24(14-12-23)17-21(26)25(16-18-7-3-2-4-8-18)22-15-19-9-5-6-10-20(19)27-22/h2-4,7-8,15H,5-6,9-14,16-17H2,1H3. The predicted octanol–water partition coefficient (Wildman–Crippen LogP) is 3.41. The van der Waals surface area contributed by atoms with Gasteiger partial charge >= 0.3 is 0 Å². The SMILES string of the molecule is CN1CCN(CC(=O)N(Cc2ccccc2)c2cc3c(s2)CCCC3)CC1. The van der Waals surface area contributed by atoms with Crippen LogP contribution in [0.5, 0.6) is 0 Å². The molecule has 2 aliphatic rings. The van der Waals surface area contributed by atoms with E-state index in [1.807, 2.05) is 22.3 Å². The number of carbonyl (C=O) groups is 1. The van der Waals surface area contributed by atoms with Crippen LogP contribution in [-0.2, 0) is 24.2 Å². The Morgan fingerprint density at radius 3 is 2.56 bits per heavy atom. The molecule has 2 aromatic rings. The first-order valence-corrected chi connectivity index (χ1v) is 10.9. The smallest absolute Gasteiger partial charge is 0.242 e. The number of hydrogen-bond donors (Lipinski definition) is 0. The van der Waals surface area contributed by atoms with E-state index in [-0.39, 0.29) is 5.91 Å². The number of amides is 1. The molecule has 0 atom stereocenters. The average Bonchev–Trinajstić information content (AvgIpc) is 3.12. The van der Waals surface area contributed by atoms with Crippen molar-refractivity contribution in [1.82, 2.24) is 9.80 Å². The van der Waals surface area contributed by atoms with Crippen LogP contribution in [0.3, 0.4) is 0 Å². The van der Waals surface area contributed by atoms with Crippen molar-refractivity contribution in [2.75, 3.05) is 44.7 Å². The lowest BCUT2D eigenvalue weighted by atomic mass is 9.99. The van der Waals surface area contributed by atoms with Crippen LogP contribution in [0.4, 0.5) is 5.00 Å². The van der Waals surface area contributed by atoms with Gasteiger partial charge in [-0.05, 0) is 49.9 Å². The summed E-state index contributed by atoms with van der Waals surface area (Å²) in [6, 6.07) is 12.6. The monoisotopic (exact) mass is 383 g/mol. The van der Waals surface area contributed by atoms with Gasteiger partial charge in [-0.2, -0.15) is 0 Å². The number of piperazine rings is 1. The maximum absolute atomic E-state index is 13.3. The zero-order valence-electron chi connectivity index (χ0n) is 16.2. The Kier molecular flexibility index (Phi) is 5.91. The summed E-state index contributed by atoms with van der Waals surface area (Å²) in [5.41, 5.74) is 2.65. The number of rotatable bonds is 5. The van der Waals surface area contributed by atoms with E-state index >= 15 is 0 Å². The Morgan fingerprint density at radius 2 is 1.81 bits per heavy atom. The molecule has 1 aromatic carbocycles. The van der Waals surface area contributed by atoms with Crippen molar-refractivity contribution in [2.24, 2.45) is 0 Å². The first-order chi connectivity index (χ1) is 13.2. The number of thiophene rings is 1. The van der Waals surface area contributed by atoms with E-state index in [9.17, 15) is 4.79 Å². The molecule has 1 saturated heterocycles. The van der Waals surface area contributed by atoms with E-state index in [0.29, 0.717) is 13.1 Å². The van der Waals surface area contributed by atoms with Crippen molar-refractivity contribution in [1.29, 1.82) is 0 Å². The second-order valence-electron chi connectivity index (χ2n) is 7.79. The molecule has 0 unspecified atom stereocenters. The van der Waals surface area contributed by atoms with E-state index in [1.165, 1.54) is 35.3 Å². The molecule has 4 nitrogen and oxygen atoms in total. The summed E-state index contributed by atoms with van der Waals surface area (Å²) >= 11 is 1.83. The molecule has 1 amide bonds. The summed E-state index contributed by atoms with van der Waals surface area (Å²) in [7, 11) is 2.15. The number of hydrogen-bond acceptors (Lipinski definition) is 4. The van der Waals surface area contributed by atoms with Gasteiger partial charge < -0.3 is 4.90 Å². The summed E-state index contributed by atoms with van der Waals surface area (Å²) in [4.78, 5) is 21.4. The molecule has 0 bridgehead atoms. The van der Waals surface area contributed by atoms with Crippen molar-refractivity contribution < 1.29 is 4.79 Å². The first-order valence-electron chi connectivity index (χ1n) is 10.1. The van der Waals surface area contributed by atoms with Crippen LogP contribution in [0.15, 0.2) is 36.4 Å². The molecule has 1 aromatic heterocycles. The van der Waals surface area contributed by atoms with Crippen molar-refractivity contribution in [3.63, 3.8) is 0 Å². The van der Waals surface area contributed by atoms with E-state index in [4.69, 9.17) is 0 Å². The molecule has 1 fully saturated rings. The molecular weight excluding hydrogens is 354 g/mol. The van der Waals surface area contributed by atoms with Gasteiger partial charge in [-0.25, -0.2) is 0 Å². The number of carbonyl (C=O) groups excluding carboxylic acids is 1. The van der Waals surface area contributed by atoms with Gasteiger partial charge in [-0.1, -0.05) is 30.3 Å². The van der Waals surface area contributed by atoms with Crippen LogP contribution in [0.25, 0.3) is 0 Å². The zero-order valence-corrected chi connectivity index (χ0v) is 17.0. The summed E-state index contributed by atoms with van der Waals surface area (Å²) in [6.07, 6.45) is 4.89. The van der Waals surface area contributed by atoms with Gasteiger partial charge in [-0.15, -0.1) is 11.3 Å². The van der Waals surface area contributed by atoms with Crippen molar-refractivity contribution >= 4 is 22.2 Å². The summed E-state index contributed by atoms with van der Waals surface area (Å²) in [5, 5.41) is 1.13. The number of benzene rings is 1. The van der Waals surface area contributed by atoms with E-state index in [1.54, 1.807) is 0 Å². The number of fused-ring (bicyclic) bond motifs is 1. The fraction of sp³-hybridized carbons (Fsp3) is 0.500. The third kappa shape index (κ3) is 4.60. The highest BCUT2D eigenvalue weighted by atomic mass is 32.1. The lowest BCUT2D eigenvalue weighted by Crippen LogP contribution is -2.48. The van der Waals surface area contributed by atoms with Crippen LogP contribution >= 0.6 is 11.3 Å². The summed E-state index contributed by atoms with van der Waals surface area (Å²) < 4.78 is 0. The van der Waals surface area contributed by atoms with Crippen LogP contribution in [0.1, 0.15) is 28.8 Å². The topological polar surface area (TPSA) is 26.8 Å². The second kappa shape index (κ2) is 8.55. The van der Waals surface area contributed by atoms with Gasteiger partial charge in [0.15, 0.2) is 0 Å². The molecule has 0 N–H and O–H groups in total. The molecule has 1 aliphatic carbocycles. The molecule has 1 aliphatic heterocycles. The minimum Gasteiger partial charge on any atom is -0.304 e. The lowest BCUT2D eigenvalue weighted by molar-refractivity contribution is -0.120. The third-order valence-corrected chi connectivity index (χ3v) is 6.95. The minimum atomic E-state index is 0.224. The number of likely N-dealkylation sites (N-methyl/N-ethyl adjacent to an activating group) is 1. The number of aryl methyl sites for hydroxylation is 2. The maximum atomic E-state index is 13.3.